The predicted octanol–water partition coefficient (Wildman–Crippen LogP) is 2.62. The van der Waals surface area contributed by atoms with E-state index in [-0.39, 0.29) is 10.2 Å². The second-order valence-electron chi connectivity index (χ2n) is 6.49. The molecule has 2 aromatic rings. The third-order valence-corrected chi connectivity index (χ3v) is 6.25. The van der Waals surface area contributed by atoms with E-state index in [0.29, 0.717) is 0 Å². The van der Waals surface area contributed by atoms with Crippen molar-refractivity contribution in [1.82, 2.24) is 14.9 Å². The molecule has 136 valence electrons. The van der Waals surface area contributed by atoms with Gasteiger partial charge in [-0.25, -0.2) is 9.52 Å². The highest BCUT2D eigenvalue weighted by Crippen LogP contribution is 2.38. The molecular weight excluding hydrogens is 376 g/mol. The van der Waals surface area contributed by atoms with Crippen LogP contribution in [-0.4, -0.2) is 24.6 Å². The molecule has 7 nitrogen and oxygen atoms in total. The molecule has 2 aliphatic rings. The first-order chi connectivity index (χ1) is 12.4. The molecule has 2 N–H and O–H groups in total. The van der Waals surface area contributed by atoms with Crippen molar-refractivity contribution in [3.8, 4) is 0 Å². The van der Waals surface area contributed by atoms with E-state index in [4.69, 9.17) is 11.6 Å². The van der Waals surface area contributed by atoms with Crippen LogP contribution in [0.3, 0.4) is 0 Å². The predicted molar refractivity (Wildman–Crippen MR) is 96.9 cm³/mol. The summed E-state index contributed by atoms with van der Waals surface area (Å²) in [6.45, 7) is 0. The number of nitrogens with one attached hydrogen (secondary N) is 2. The van der Waals surface area contributed by atoms with Gasteiger partial charge in [-0.1, -0.05) is 17.7 Å². The van der Waals surface area contributed by atoms with Crippen LogP contribution in [0.25, 0.3) is 0 Å². The first-order valence-corrected chi connectivity index (χ1v) is 10.3. The van der Waals surface area contributed by atoms with Gasteiger partial charge in [0.25, 0.3) is 10.0 Å². The molecule has 4 rings (SSSR count). The highest BCUT2D eigenvalue weighted by molar-refractivity contribution is 7.90. The van der Waals surface area contributed by atoms with E-state index in [0.717, 1.165) is 55.3 Å². The van der Waals surface area contributed by atoms with Crippen molar-refractivity contribution < 1.29 is 13.2 Å². The molecule has 0 fully saturated rings. The molecule has 26 heavy (non-hydrogen) atoms. The van der Waals surface area contributed by atoms with Crippen molar-refractivity contribution in [2.45, 2.75) is 43.6 Å². The largest absolute Gasteiger partial charge is 0.333 e. The minimum Gasteiger partial charge on any atom is -0.307 e. The first-order valence-electron chi connectivity index (χ1n) is 8.43. The lowest BCUT2D eigenvalue weighted by Crippen LogP contribution is -2.35. The number of amides is 2. The number of carbonyl (C=O) groups excluding carboxylic acids is 1. The first kappa shape index (κ1) is 17.2. The number of benzene rings is 1. The van der Waals surface area contributed by atoms with Gasteiger partial charge in [-0.15, -0.1) is 10.2 Å². The second kappa shape index (κ2) is 6.51. The Hall–Kier alpha value is -2.19. The number of rotatable bonds is 3. The number of carbonyl (C=O) groups is 1. The lowest BCUT2D eigenvalue weighted by Gasteiger charge is -2.16. The van der Waals surface area contributed by atoms with Gasteiger partial charge >= 0.3 is 6.03 Å². The van der Waals surface area contributed by atoms with Gasteiger partial charge in [-0.2, -0.15) is 8.42 Å². The number of aryl methyl sites for hydroxylation is 2. The van der Waals surface area contributed by atoms with Crippen LogP contribution < -0.4 is 10.0 Å². The van der Waals surface area contributed by atoms with E-state index in [9.17, 15) is 13.2 Å². The number of urea groups is 1. The van der Waals surface area contributed by atoms with E-state index < -0.39 is 16.1 Å². The fourth-order valence-corrected chi connectivity index (χ4v) is 4.62. The van der Waals surface area contributed by atoms with Gasteiger partial charge in [-0.05, 0) is 72.9 Å². The smallest absolute Gasteiger partial charge is 0.307 e. The molecule has 1 heterocycles. The number of anilines is 1. The number of aromatic nitrogens is 2. The molecule has 2 amide bonds. The molecular formula is C17H17ClN4O3S. The van der Waals surface area contributed by atoms with Crippen molar-refractivity contribution in [2.24, 2.45) is 0 Å². The Morgan fingerprint density at radius 2 is 1.65 bits per heavy atom. The molecule has 0 atom stereocenters. The Bertz CT molecular complexity index is 958. The van der Waals surface area contributed by atoms with Crippen LogP contribution in [0.1, 0.15) is 35.1 Å². The van der Waals surface area contributed by atoms with Crippen LogP contribution in [0, 0.1) is 0 Å². The van der Waals surface area contributed by atoms with Crippen molar-refractivity contribution >= 4 is 33.3 Å². The van der Waals surface area contributed by atoms with Gasteiger partial charge in [0, 0.05) is 5.69 Å². The minimum atomic E-state index is -4.12. The molecule has 1 aromatic heterocycles. The minimum absolute atomic E-state index is 0.0730. The monoisotopic (exact) mass is 392 g/mol. The second-order valence-corrected chi connectivity index (χ2v) is 8.50. The van der Waals surface area contributed by atoms with E-state index in [1.807, 2.05) is 4.72 Å². The third kappa shape index (κ3) is 3.14. The average Bonchev–Trinajstić information content (AvgIpc) is 3.23. The number of nitrogens with zero attached hydrogens (tertiary/aromatic N) is 2. The third-order valence-electron chi connectivity index (χ3n) is 4.82. The topological polar surface area (TPSA) is 101 Å². The molecule has 0 saturated heterocycles. The van der Waals surface area contributed by atoms with Crippen LogP contribution in [0.4, 0.5) is 10.5 Å². The van der Waals surface area contributed by atoms with Crippen molar-refractivity contribution in [3.63, 3.8) is 0 Å². The Morgan fingerprint density at radius 3 is 2.23 bits per heavy atom. The molecule has 1 aromatic carbocycles. The van der Waals surface area contributed by atoms with Crippen molar-refractivity contribution in [3.05, 3.63) is 45.6 Å². The summed E-state index contributed by atoms with van der Waals surface area (Å²) in [4.78, 5) is 12.4. The summed E-state index contributed by atoms with van der Waals surface area (Å²) in [7, 11) is -4.12. The summed E-state index contributed by atoms with van der Waals surface area (Å²) in [5, 5.41) is 9.50. The summed E-state index contributed by atoms with van der Waals surface area (Å²) < 4.78 is 26.6. The Kier molecular flexibility index (Phi) is 4.32. The Morgan fingerprint density at radius 1 is 1.00 bits per heavy atom. The van der Waals surface area contributed by atoms with Crippen molar-refractivity contribution in [1.29, 1.82) is 0 Å². The molecule has 0 aliphatic heterocycles. The van der Waals surface area contributed by atoms with Gasteiger partial charge in [0.15, 0.2) is 10.2 Å². The zero-order chi connectivity index (χ0) is 18.3. The summed E-state index contributed by atoms with van der Waals surface area (Å²) in [6.07, 6.45) is 5.89. The fourth-order valence-electron chi connectivity index (χ4n) is 3.73. The van der Waals surface area contributed by atoms with E-state index in [2.05, 4.69) is 21.6 Å². The molecule has 0 saturated carbocycles. The van der Waals surface area contributed by atoms with Crippen LogP contribution >= 0.6 is 11.6 Å². The van der Waals surface area contributed by atoms with E-state index in [1.165, 1.54) is 23.3 Å². The molecule has 0 radical (unpaired) electrons. The molecule has 2 aliphatic carbocycles. The van der Waals surface area contributed by atoms with E-state index >= 15 is 0 Å². The van der Waals surface area contributed by atoms with Crippen LogP contribution in [-0.2, 0) is 35.7 Å². The maximum absolute atomic E-state index is 12.4. The van der Waals surface area contributed by atoms with Gasteiger partial charge in [0.2, 0.25) is 0 Å². The van der Waals surface area contributed by atoms with Gasteiger partial charge < -0.3 is 5.32 Å². The summed E-state index contributed by atoms with van der Waals surface area (Å²) in [5.74, 6) is 0. The number of fused-ring (bicyclic) bond motifs is 2. The molecule has 0 spiro atoms. The molecule has 9 heteroatoms. The number of hydrogen-bond donors (Lipinski definition) is 2. The Labute approximate surface area is 156 Å². The fraction of sp³-hybridized carbons (Fsp3) is 0.353. The maximum atomic E-state index is 12.4. The number of hydrogen-bond acceptors (Lipinski definition) is 5. The standard InChI is InChI=1S/C17H17ClN4O3S/c18-14-7-8-15(21-20-14)26(24,25)22-17(23)19-16-12-5-1-3-10(12)9-11-4-2-6-13(11)16/h7-9H,1-6H2,(H2,19,22,23). The molecule has 0 unspecified atom stereocenters. The summed E-state index contributed by atoms with van der Waals surface area (Å²) in [6, 6.07) is 3.95. The zero-order valence-electron chi connectivity index (χ0n) is 13.9. The van der Waals surface area contributed by atoms with Gasteiger partial charge in [-0.3, -0.25) is 0 Å². The van der Waals surface area contributed by atoms with Crippen LogP contribution in [0.5, 0.6) is 0 Å². The van der Waals surface area contributed by atoms with Gasteiger partial charge in [0.1, 0.15) is 0 Å². The van der Waals surface area contributed by atoms with Crippen LogP contribution in [0.2, 0.25) is 5.15 Å². The Balaban J connectivity index is 1.59. The van der Waals surface area contributed by atoms with Gasteiger partial charge in [0.05, 0.1) is 0 Å². The lowest BCUT2D eigenvalue weighted by molar-refractivity contribution is 0.256. The quantitative estimate of drug-likeness (QED) is 0.836. The average molecular weight is 393 g/mol. The molecule has 0 bridgehead atoms. The van der Waals surface area contributed by atoms with Crippen molar-refractivity contribution in [2.75, 3.05) is 5.32 Å². The maximum Gasteiger partial charge on any atom is 0.333 e. The lowest BCUT2D eigenvalue weighted by atomic mass is 9.99. The van der Waals surface area contributed by atoms with Crippen LogP contribution in [0.15, 0.2) is 23.2 Å². The normalized spacial score (nSPS) is 15.4. The SMILES string of the molecule is O=C(Nc1c2c(cc3c1CCC3)CCC2)NS(=O)(=O)c1ccc(Cl)nn1. The van der Waals surface area contributed by atoms with E-state index in [1.54, 1.807) is 0 Å². The summed E-state index contributed by atoms with van der Waals surface area (Å²) >= 11 is 5.61. The summed E-state index contributed by atoms with van der Waals surface area (Å²) in [5.41, 5.74) is 5.55. The highest BCUT2D eigenvalue weighted by Gasteiger charge is 2.26. The number of sulfonamides is 1. The highest BCUT2D eigenvalue weighted by atomic mass is 35.5. The zero-order valence-corrected chi connectivity index (χ0v) is 15.5. The number of halogens is 1.